The van der Waals surface area contributed by atoms with Crippen molar-refractivity contribution in [1.82, 2.24) is 10.2 Å². The van der Waals surface area contributed by atoms with Crippen molar-refractivity contribution in [2.45, 2.75) is 64.5 Å². The minimum atomic E-state index is -0.124. The molecule has 2 saturated heterocycles. The molecule has 0 radical (unpaired) electrons. The standard InChI is InChI=1S/C21H34N2O3/c1-19-7-15-8-20(2,12-19)14-21(9-15,13-19)18(24)22-16-10-26-11-17(16)23-3-5-25-6-4-23/h15-17H,3-14H2,1-2H3,(H,22,24)/t15?,16-,17-,19?,20?,21?/m0/s1. The summed E-state index contributed by atoms with van der Waals surface area (Å²) in [5.41, 5.74) is 0.629. The number of morpholine rings is 1. The Hall–Kier alpha value is -0.650. The number of hydrogen-bond acceptors (Lipinski definition) is 4. The van der Waals surface area contributed by atoms with Gasteiger partial charge in [0, 0.05) is 13.1 Å². The van der Waals surface area contributed by atoms with Crippen LogP contribution < -0.4 is 5.32 Å². The molecule has 0 aromatic carbocycles. The topological polar surface area (TPSA) is 50.8 Å². The third-order valence-electron chi connectivity index (χ3n) is 7.99. The van der Waals surface area contributed by atoms with E-state index >= 15 is 0 Å². The van der Waals surface area contributed by atoms with Gasteiger partial charge in [-0.3, -0.25) is 9.69 Å². The van der Waals surface area contributed by atoms with E-state index in [0.29, 0.717) is 29.4 Å². The highest BCUT2D eigenvalue weighted by Gasteiger charge is 2.63. The molecule has 1 amide bonds. The fraction of sp³-hybridized carbons (Fsp3) is 0.952. The Morgan fingerprint density at radius 3 is 2.31 bits per heavy atom. The summed E-state index contributed by atoms with van der Waals surface area (Å²) in [5.74, 6) is 1.08. The monoisotopic (exact) mass is 362 g/mol. The van der Waals surface area contributed by atoms with Crippen LogP contribution in [0, 0.1) is 22.2 Å². The van der Waals surface area contributed by atoms with Crippen LogP contribution in [0.1, 0.15) is 52.4 Å². The Labute approximate surface area is 157 Å². The van der Waals surface area contributed by atoms with Crippen LogP contribution in [0.15, 0.2) is 0 Å². The van der Waals surface area contributed by atoms with Gasteiger partial charge < -0.3 is 14.8 Å². The second kappa shape index (κ2) is 5.92. The molecule has 0 aromatic heterocycles. The van der Waals surface area contributed by atoms with Crippen LogP contribution >= 0.6 is 0 Å². The van der Waals surface area contributed by atoms with Gasteiger partial charge in [0.25, 0.3) is 0 Å². The van der Waals surface area contributed by atoms with Crippen molar-refractivity contribution in [3.05, 3.63) is 0 Å². The Kier molecular flexibility index (Phi) is 3.97. The highest BCUT2D eigenvalue weighted by Crippen LogP contribution is 2.69. The number of ether oxygens (including phenoxy) is 2. The lowest BCUT2D eigenvalue weighted by Crippen LogP contribution is -2.62. The number of carbonyl (C=O) groups is 1. The van der Waals surface area contributed by atoms with Crippen LogP contribution in [0.5, 0.6) is 0 Å². The fourth-order valence-electron chi connectivity index (χ4n) is 7.97. The van der Waals surface area contributed by atoms with E-state index < -0.39 is 0 Å². The molecule has 5 nitrogen and oxygen atoms in total. The summed E-state index contributed by atoms with van der Waals surface area (Å²) in [5, 5.41) is 3.47. The molecule has 4 bridgehead atoms. The van der Waals surface area contributed by atoms with Gasteiger partial charge in [-0.2, -0.15) is 0 Å². The molecule has 4 aliphatic carbocycles. The van der Waals surface area contributed by atoms with Crippen LogP contribution in [0.4, 0.5) is 0 Å². The maximum Gasteiger partial charge on any atom is 0.226 e. The van der Waals surface area contributed by atoms with Crippen LogP contribution in [-0.4, -0.2) is 62.4 Å². The molecule has 26 heavy (non-hydrogen) atoms. The van der Waals surface area contributed by atoms with Crippen LogP contribution in [0.25, 0.3) is 0 Å². The average molecular weight is 363 g/mol. The summed E-state index contributed by atoms with van der Waals surface area (Å²) < 4.78 is 11.3. The summed E-state index contributed by atoms with van der Waals surface area (Å²) in [7, 11) is 0. The molecule has 0 aromatic rings. The van der Waals surface area contributed by atoms with Crippen LogP contribution in [0.3, 0.4) is 0 Å². The van der Waals surface area contributed by atoms with Gasteiger partial charge in [0.05, 0.1) is 43.9 Å². The summed E-state index contributed by atoms with van der Waals surface area (Å²) in [4.78, 5) is 16.0. The maximum atomic E-state index is 13.6. The molecule has 6 rings (SSSR count). The molecule has 4 atom stereocenters. The molecule has 0 spiro atoms. The highest BCUT2D eigenvalue weighted by atomic mass is 16.5. The van der Waals surface area contributed by atoms with Gasteiger partial charge in [-0.05, 0) is 55.3 Å². The van der Waals surface area contributed by atoms with Crippen LogP contribution in [0.2, 0.25) is 0 Å². The SMILES string of the molecule is CC12CC3CC(C)(C1)CC(C(=O)N[C@H]1COC[C@@H]1N1CCOCC1)(C3)C2. The lowest BCUT2D eigenvalue weighted by Gasteiger charge is -2.64. The van der Waals surface area contributed by atoms with E-state index in [-0.39, 0.29) is 11.5 Å². The molecule has 2 heterocycles. The normalized spacial score (nSPS) is 50.9. The van der Waals surface area contributed by atoms with Crippen molar-refractivity contribution in [3.8, 4) is 0 Å². The second-order valence-electron chi connectivity index (χ2n) is 10.7. The highest BCUT2D eigenvalue weighted by molar-refractivity contribution is 5.83. The lowest BCUT2D eigenvalue weighted by molar-refractivity contribution is -0.171. The van der Waals surface area contributed by atoms with Gasteiger partial charge in [0.1, 0.15) is 0 Å². The predicted octanol–water partition coefficient (Wildman–Crippen LogP) is 2.20. The van der Waals surface area contributed by atoms with Gasteiger partial charge in [-0.15, -0.1) is 0 Å². The van der Waals surface area contributed by atoms with Crippen LogP contribution in [-0.2, 0) is 14.3 Å². The van der Waals surface area contributed by atoms with Crippen molar-refractivity contribution in [3.63, 3.8) is 0 Å². The zero-order valence-electron chi connectivity index (χ0n) is 16.4. The molecule has 146 valence electrons. The van der Waals surface area contributed by atoms with Crippen molar-refractivity contribution in [2.24, 2.45) is 22.2 Å². The summed E-state index contributed by atoms with van der Waals surface area (Å²) in [6.45, 7) is 9.74. The number of hydrogen-bond donors (Lipinski definition) is 1. The minimum Gasteiger partial charge on any atom is -0.379 e. The first-order valence-electron chi connectivity index (χ1n) is 10.6. The van der Waals surface area contributed by atoms with E-state index in [1.54, 1.807) is 0 Å². The smallest absolute Gasteiger partial charge is 0.226 e. The van der Waals surface area contributed by atoms with Crippen molar-refractivity contribution < 1.29 is 14.3 Å². The molecular formula is C21H34N2O3. The zero-order chi connectivity index (χ0) is 18.0. The lowest BCUT2D eigenvalue weighted by atomic mass is 9.40. The minimum absolute atomic E-state index is 0.124. The molecule has 6 fully saturated rings. The van der Waals surface area contributed by atoms with E-state index in [2.05, 4.69) is 24.1 Å². The number of nitrogens with one attached hydrogen (secondary N) is 1. The largest absolute Gasteiger partial charge is 0.379 e. The summed E-state index contributed by atoms with van der Waals surface area (Å²) in [6, 6.07) is 0.442. The van der Waals surface area contributed by atoms with Gasteiger partial charge in [-0.1, -0.05) is 13.8 Å². The number of rotatable bonds is 3. The molecule has 6 aliphatic rings. The van der Waals surface area contributed by atoms with E-state index in [4.69, 9.17) is 9.47 Å². The molecule has 2 aliphatic heterocycles. The predicted molar refractivity (Wildman–Crippen MR) is 98.8 cm³/mol. The molecule has 5 heteroatoms. The Morgan fingerprint density at radius 1 is 0.962 bits per heavy atom. The van der Waals surface area contributed by atoms with Crippen molar-refractivity contribution in [2.75, 3.05) is 39.5 Å². The zero-order valence-corrected chi connectivity index (χ0v) is 16.4. The second-order valence-corrected chi connectivity index (χ2v) is 10.7. The van der Waals surface area contributed by atoms with E-state index in [1.165, 1.54) is 19.3 Å². The third kappa shape index (κ3) is 2.82. The number of nitrogens with zero attached hydrogens (tertiary/aromatic N) is 1. The van der Waals surface area contributed by atoms with Crippen molar-refractivity contribution in [1.29, 1.82) is 0 Å². The van der Waals surface area contributed by atoms with Crippen molar-refractivity contribution >= 4 is 5.91 Å². The Bertz CT molecular complexity index is 570. The van der Waals surface area contributed by atoms with Gasteiger partial charge >= 0.3 is 0 Å². The van der Waals surface area contributed by atoms with E-state index in [9.17, 15) is 4.79 Å². The summed E-state index contributed by atoms with van der Waals surface area (Å²) >= 11 is 0. The summed E-state index contributed by atoms with van der Waals surface area (Å²) in [6.07, 6.45) is 7.27. The van der Waals surface area contributed by atoms with Gasteiger partial charge in [-0.25, -0.2) is 0 Å². The third-order valence-corrected chi connectivity index (χ3v) is 7.99. The first-order chi connectivity index (χ1) is 12.4. The quantitative estimate of drug-likeness (QED) is 0.836. The first kappa shape index (κ1) is 17.4. The number of carbonyl (C=O) groups excluding carboxylic acids is 1. The molecule has 2 unspecified atom stereocenters. The van der Waals surface area contributed by atoms with E-state index in [1.807, 2.05) is 0 Å². The Balaban J connectivity index is 1.32. The molecular weight excluding hydrogens is 328 g/mol. The maximum absolute atomic E-state index is 13.6. The molecule has 1 N–H and O–H groups in total. The van der Waals surface area contributed by atoms with E-state index in [0.717, 1.165) is 58.1 Å². The number of amides is 1. The van der Waals surface area contributed by atoms with Gasteiger partial charge in [0.15, 0.2) is 0 Å². The Morgan fingerprint density at radius 2 is 1.65 bits per heavy atom. The average Bonchev–Trinajstić information content (AvgIpc) is 3.00. The van der Waals surface area contributed by atoms with Gasteiger partial charge in [0.2, 0.25) is 5.91 Å². The fourth-order valence-corrected chi connectivity index (χ4v) is 7.97. The first-order valence-corrected chi connectivity index (χ1v) is 10.6. The molecule has 4 saturated carbocycles.